The largest absolute Gasteiger partial charge is 0.312 e. The summed E-state index contributed by atoms with van der Waals surface area (Å²) >= 11 is 0. The van der Waals surface area contributed by atoms with E-state index in [1.54, 1.807) is 0 Å². The van der Waals surface area contributed by atoms with Crippen LogP contribution in [0.4, 0.5) is 0 Å². The lowest BCUT2D eigenvalue weighted by molar-refractivity contribution is 0.0806. The number of nitrogens with zero attached hydrogens (tertiary/aromatic N) is 1. The Hall–Kier alpha value is -0.120. The van der Waals surface area contributed by atoms with Crippen molar-refractivity contribution in [2.75, 3.05) is 26.2 Å². The normalized spacial score (nSPS) is 34.1. The average molecular weight is 157 g/mol. The number of hydrogen-bond donors (Lipinski definition) is 2. The minimum atomic E-state index is -0.131. The van der Waals surface area contributed by atoms with Crippen LogP contribution in [0.3, 0.4) is 0 Å². The van der Waals surface area contributed by atoms with E-state index in [9.17, 15) is 0 Å². The Labute approximate surface area is 68.9 Å². The molecule has 0 amide bonds. The van der Waals surface area contributed by atoms with Crippen molar-refractivity contribution in [1.82, 2.24) is 10.2 Å². The number of rotatable bonds is 2. The van der Waals surface area contributed by atoms with Gasteiger partial charge in [-0.15, -0.1) is 0 Å². The van der Waals surface area contributed by atoms with E-state index in [2.05, 4.69) is 24.1 Å². The molecular weight excluding hydrogens is 138 g/mol. The molecular formula is C8H19N3. The van der Waals surface area contributed by atoms with Gasteiger partial charge in [0.25, 0.3) is 0 Å². The molecule has 0 saturated carbocycles. The van der Waals surface area contributed by atoms with Gasteiger partial charge >= 0.3 is 0 Å². The fourth-order valence-corrected chi connectivity index (χ4v) is 1.56. The van der Waals surface area contributed by atoms with Crippen molar-refractivity contribution in [3.05, 3.63) is 0 Å². The van der Waals surface area contributed by atoms with Gasteiger partial charge in [-0.2, -0.15) is 0 Å². The van der Waals surface area contributed by atoms with Gasteiger partial charge < -0.3 is 11.1 Å². The Morgan fingerprint density at radius 2 is 2.36 bits per heavy atom. The van der Waals surface area contributed by atoms with Crippen LogP contribution in [-0.2, 0) is 0 Å². The highest BCUT2D eigenvalue weighted by atomic mass is 15.3. The van der Waals surface area contributed by atoms with Gasteiger partial charge in [0.2, 0.25) is 0 Å². The highest BCUT2D eigenvalue weighted by Gasteiger charge is 2.28. The molecule has 0 aromatic rings. The highest BCUT2D eigenvalue weighted by Crippen LogP contribution is 2.10. The summed E-state index contributed by atoms with van der Waals surface area (Å²) in [4.78, 5) is 2.35. The summed E-state index contributed by atoms with van der Waals surface area (Å²) in [6.45, 7) is 8.47. The molecule has 0 spiro atoms. The fourth-order valence-electron chi connectivity index (χ4n) is 1.56. The molecule has 1 unspecified atom stereocenters. The Morgan fingerprint density at radius 3 is 2.91 bits per heavy atom. The van der Waals surface area contributed by atoms with Crippen LogP contribution < -0.4 is 11.1 Å². The summed E-state index contributed by atoms with van der Waals surface area (Å²) < 4.78 is 0. The lowest BCUT2D eigenvalue weighted by Crippen LogP contribution is -2.64. The van der Waals surface area contributed by atoms with Crippen molar-refractivity contribution in [3.63, 3.8) is 0 Å². The summed E-state index contributed by atoms with van der Waals surface area (Å²) in [5, 5.41) is 3.30. The first-order chi connectivity index (χ1) is 5.17. The predicted molar refractivity (Wildman–Crippen MR) is 47.3 cm³/mol. The quantitative estimate of drug-likeness (QED) is 0.592. The van der Waals surface area contributed by atoms with Crippen molar-refractivity contribution >= 4 is 0 Å². The molecule has 1 fully saturated rings. The smallest absolute Gasteiger partial charge is 0.0786 e. The SMILES string of the molecule is CCCN1CCNCC1(C)N. The third-order valence-corrected chi connectivity index (χ3v) is 2.26. The first-order valence-corrected chi connectivity index (χ1v) is 4.41. The van der Waals surface area contributed by atoms with Crippen LogP contribution in [0.2, 0.25) is 0 Å². The second-order valence-corrected chi connectivity index (χ2v) is 3.52. The van der Waals surface area contributed by atoms with E-state index in [1.807, 2.05) is 0 Å². The molecule has 0 bridgehead atoms. The van der Waals surface area contributed by atoms with E-state index in [0.717, 1.165) is 26.2 Å². The van der Waals surface area contributed by atoms with Crippen LogP contribution in [0.1, 0.15) is 20.3 Å². The standard InChI is InChI=1S/C8H19N3/c1-3-5-11-6-4-10-7-8(11,2)9/h10H,3-7,9H2,1-2H3. The van der Waals surface area contributed by atoms with E-state index in [1.165, 1.54) is 6.42 Å². The summed E-state index contributed by atoms with van der Waals surface area (Å²) in [5.74, 6) is 0. The lowest BCUT2D eigenvalue weighted by atomic mass is 10.1. The third-order valence-electron chi connectivity index (χ3n) is 2.26. The van der Waals surface area contributed by atoms with Crippen molar-refractivity contribution in [2.24, 2.45) is 5.73 Å². The Kier molecular flexibility index (Phi) is 2.87. The van der Waals surface area contributed by atoms with Crippen molar-refractivity contribution in [2.45, 2.75) is 25.9 Å². The van der Waals surface area contributed by atoms with Crippen molar-refractivity contribution in [1.29, 1.82) is 0 Å². The number of piperazine rings is 1. The van der Waals surface area contributed by atoms with Gasteiger partial charge in [-0.05, 0) is 19.9 Å². The summed E-state index contributed by atoms with van der Waals surface area (Å²) in [5.41, 5.74) is 5.94. The van der Waals surface area contributed by atoms with E-state index in [4.69, 9.17) is 5.73 Å². The van der Waals surface area contributed by atoms with Crippen LogP contribution >= 0.6 is 0 Å². The van der Waals surface area contributed by atoms with E-state index in [-0.39, 0.29) is 5.66 Å². The molecule has 3 heteroatoms. The van der Waals surface area contributed by atoms with Gasteiger partial charge in [0.1, 0.15) is 0 Å². The molecule has 1 aliphatic rings. The number of nitrogens with one attached hydrogen (secondary N) is 1. The summed E-state index contributed by atoms with van der Waals surface area (Å²) in [7, 11) is 0. The summed E-state index contributed by atoms with van der Waals surface area (Å²) in [6, 6.07) is 0. The van der Waals surface area contributed by atoms with Gasteiger partial charge in [-0.25, -0.2) is 0 Å². The zero-order chi connectivity index (χ0) is 8.32. The molecule has 0 radical (unpaired) electrons. The first-order valence-electron chi connectivity index (χ1n) is 4.41. The second kappa shape index (κ2) is 3.52. The van der Waals surface area contributed by atoms with E-state index in [0.29, 0.717) is 0 Å². The van der Waals surface area contributed by atoms with Gasteiger partial charge in [0.05, 0.1) is 5.66 Å². The molecule has 1 atom stereocenters. The molecule has 1 heterocycles. The topological polar surface area (TPSA) is 41.3 Å². The minimum Gasteiger partial charge on any atom is -0.312 e. The Bertz CT molecular complexity index is 121. The maximum Gasteiger partial charge on any atom is 0.0786 e. The van der Waals surface area contributed by atoms with Crippen LogP contribution in [0.25, 0.3) is 0 Å². The maximum absolute atomic E-state index is 6.07. The van der Waals surface area contributed by atoms with Gasteiger partial charge in [-0.3, -0.25) is 4.90 Å². The maximum atomic E-state index is 6.07. The molecule has 1 aliphatic heterocycles. The first kappa shape index (κ1) is 8.97. The van der Waals surface area contributed by atoms with E-state index >= 15 is 0 Å². The van der Waals surface area contributed by atoms with Crippen LogP contribution in [0, 0.1) is 0 Å². The monoisotopic (exact) mass is 157 g/mol. The third kappa shape index (κ3) is 2.15. The number of hydrogen-bond acceptors (Lipinski definition) is 3. The van der Waals surface area contributed by atoms with Crippen molar-refractivity contribution < 1.29 is 0 Å². The fraction of sp³-hybridized carbons (Fsp3) is 1.00. The molecule has 0 aromatic carbocycles. The summed E-state index contributed by atoms with van der Waals surface area (Å²) in [6.07, 6.45) is 1.19. The highest BCUT2D eigenvalue weighted by molar-refractivity contribution is 4.86. The minimum absolute atomic E-state index is 0.131. The van der Waals surface area contributed by atoms with E-state index < -0.39 is 0 Å². The lowest BCUT2D eigenvalue weighted by Gasteiger charge is -2.42. The molecule has 1 saturated heterocycles. The Morgan fingerprint density at radius 1 is 1.64 bits per heavy atom. The van der Waals surface area contributed by atoms with Gasteiger partial charge in [0, 0.05) is 19.6 Å². The van der Waals surface area contributed by atoms with Gasteiger partial charge in [-0.1, -0.05) is 6.92 Å². The molecule has 1 rings (SSSR count). The zero-order valence-corrected chi connectivity index (χ0v) is 7.56. The van der Waals surface area contributed by atoms with Crippen LogP contribution in [0.5, 0.6) is 0 Å². The molecule has 3 N–H and O–H groups in total. The second-order valence-electron chi connectivity index (χ2n) is 3.52. The number of nitrogens with two attached hydrogens (primary N) is 1. The van der Waals surface area contributed by atoms with Crippen molar-refractivity contribution in [3.8, 4) is 0 Å². The van der Waals surface area contributed by atoms with Crippen LogP contribution in [0.15, 0.2) is 0 Å². The predicted octanol–water partition coefficient (Wildman–Crippen LogP) is -0.0235. The molecule has 0 aliphatic carbocycles. The molecule has 11 heavy (non-hydrogen) atoms. The molecule has 3 nitrogen and oxygen atoms in total. The molecule has 66 valence electrons. The zero-order valence-electron chi connectivity index (χ0n) is 7.56. The average Bonchev–Trinajstić information content (AvgIpc) is 1.94. The van der Waals surface area contributed by atoms with Gasteiger partial charge in [0.15, 0.2) is 0 Å². The van der Waals surface area contributed by atoms with Crippen LogP contribution in [-0.4, -0.2) is 36.7 Å². The molecule has 0 aromatic heterocycles. The Balaban J connectivity index is 2.45.